The van der Waals surface area contributed by atoms with Gasteiger partial charge < -0.3 is 10.1 Å². The molecule has 0 saturated heterocycles. The molecule has 114 valence electrons. The number of methoxy groups -OCH3 is 1. The van der Waals surface area contributed by atoms with E-state index in [4.69, 9.17) is 4.74 Å². The number of nitrogens with zero attached hydrogens (tertiary/aromatic N) is 1. The third-order valence-electron chi connectivity index (χ3n) is 3.72. The molecule has 0 aliphatic carbocycles. The molecule has 1 aromatic rings. The van der Waals surface area contributed by atoms with Crippen LogP contribution in [0.25, 0.3) is 0 Å². The summed E-state index contributed by atoms with van der Waals surface area (Å²) >= 11 is 0. The quantitative estimate of drug-likeness (QED) is 0.702. The molecule has 0 aromatic heterocycles. The van der Waals surface area contributed by atoms with Crippen molar-refractivity contribution in [2.24, 2.45) is 0 Å². The van der Waals surface area contributed by atoms with Crippen molar-refractivity contribution in [2.45, 2.75) is 52.2 Å². The van der Waals surface area contributed by atoms with Crippen LogP contribution in [0, 0.1) is 0 Å². The second-order valence-electron chi connectivity index (χ2n) is 5.83. The van der Waals surface area contributed by atoms with Crippen LogP contribution in [0.3, 0.4) is 0 Å². The van der Waals surface area contributed by atoms with Gasteiger partial charge in [-0.25, -0.2) is 0 Å². The second kappa shape index (κ2) is 8.98. The van der Waals surface area contributed by atoms with Crippen LogP contribution < -0.4 is 10.1 Å². The van der Waals surface area contributed by atoms with Gasteiger partial charge in [0.05, 0.1) is 7.11 Å². The minimum atomic E-state index is 0.578. The van der Waals surface area contributed by atoms with E-state index in [1.54, 1.807) is 7.11 Å². The molecule has 0 bridgehead atoms. The van der Waals surface area contributed by atoms with E-state index in [9.17, 15) is 0 Å². The summed E-state index contributed by atoms with van der Waals surface area (Å²) in [4.78, 5) is 2.40. The van der Waals surface area contributed by atoms with Crippen LogP contribution in [0.2, 0.25) is 0 Å². The van der Waals surface area contributed by atoms with Crippen molar-refractivity contribution in [2.75, 3.05) is 20.7 Å². The van der Waals surface area contributed by atoms with Crippen LogP contribution in [-0.2, 0) is 6.54 Å². The third-order valence-corrected chi connectivity index (χ3v) is 3.72. The van der Waals surface area contributed by atoms with Gasteiger partial charge in [-0.05, 0) is 39.4 Å². The van der Waals surface area contributed by atoms with E-state index >= 15 is 0 Å². The summed E-state index contributed by atoms with van der Waals surface area (Å²) in [5.41, 5.74) is 1.25. The van der Waals surface area contributed by atoms with E-state index in [1.165, 1.54) is 18.4 Å². The van der Waals surface area contributed by atoms with E-state index in [-0.39, 0.29) is 0 Å². The SMILES string of the molecule is COc1ccccc1CN(C)C(C)CCCNC(C)C. The highest BCUT2D eigenvalue weighted by Gasteiger charge is 2.11. The van der Waals surface area contributed by atoms with E-state index in [2.05, 4.69) is 50.2 Å². The Labute approximate surface area is 124 Å². The molecule has 1 N–H and O–H groups in total. The molecule has 20 heavy (non-hydrogen) atoms. The molecule has 0 aliphatic heterocycles. The van der Waals surface area contributed by atoms with Gasteiger partial charge in [-0.15, -0.1) is 0 Å². The minimum absolute atomic E-state index is 0.578. The highest BCUT2D eigenvalue weighted by molar-refractivity contribution is 5.33. The smallest absolute Gasteiger partial charge is 0.123 e. The average molecular weight is 278 g/mol. The van der Waals surface area contributed by atoms with Crippen LogP contribution in [-0.4, -0.2) is 37.7 Å². The molecule has 3 nitrogen and oxygen atoms in total. The van der Waals surface area contributed by atoms with Crippen LogP contribution in [0.5, 0.6) is 5.75 Å². The first kappa shape index (κ1) is 17.0. The van der Waals surface area contributed by atoms with Gasteiger partial charge in [0.15, 0.2) is 0 Å². The normalized spacial score (nSPS) is 12.9. The fraction of sp³-hybridized carbons (Fsp3) is 0.647. The maximum Gasteiger partial charge on any atom is 0.123 e. The first-order valence-corrected chi connectivity index (χ1v) is 7.60. The number of hydrogen-bond acceptors (Lipinski definition) is 3. The van der Waals surface area contributed by atoms with Crippen molar-refractivity contribution in [3.63, 3.8) is 0 Å². The lowest BCUT2D eigenvalue weighted by atomic mass is 10.1. The Morgan fingerprint density at radius 3 is 2.55 bits per heavy atom. The molecule has 0 saturated carbocycles. The average Bonchev–Trinajstić information content (AvgIpc) is 2.43. The molecular weight excluding hydrogens is 248 g/mol. The minimum Gasteiger partial charge on any atom is -0.496 e. The van der Waals surface area contributed by atoms with Gasteiger partial charge in [-0.1, -0.05) is 32.0 Å². The van der Waals surface area contributed by atoms with E-state index in [1.807, 2.05) is 12.1 Å². The molecule has 1 unspecified atom stereocenters. The van der Waals surface area contributed by atoms with Crippen molar-refractivity contribution in [3.8, 4) is 5.75 Å². The van der Waals surface area contributed by atoms with Gasteiger partial charge in [0, 0.05) is 24.2 Å². The zero-order valence-corrected chi connectivity index (χ0v) is 13.6. The Balaban J connectivity index is 2.39. The first-order valence-electron chi connectivity index (χ1n) is 7.60. The maximum absolute atomic E-state index is 5.41. The van der Waals surface area contributed by atoms with Crippen molar-refractivity contribution >= 4 is 0 Å². The number of benzene rings is 1. The summed E-state index contributed by atoms with van der Waals surface area (Å²) in [7, 11) is 3.92. The van der Waals surface area contributed by atoms with Crippen LogP contribution in [0.4, 0.5) is 0 Å². The summed E-state index contributed by atoms with van der Waals surface area (Å²) in [6.45, 7) is 8.71. The fourth-order valence-corrected chi connectivity index (χ4v) is 2.27. The monoisotopic (exact) mass is 278 g/mol. The van der Waals surface area contributed by atoms with E-state index in [0.717, 1.165) is 18.8 Å². The molecule has 1 aromatic carbocycles. The molecule has 0 amide bonds. The van der Waals surface area contributed by atoms with Gasteiger partial charge in [0.2, 0.25) is 0 Å². The summed E-state index contributed by atoms with van der Waals surface area (Å²) < 4.78 is 5.41. The summed E-state index contributed by atoms with van der Waals surface area (Å²) in [5, 5.41) is 3.47. The number of para-hydroxylation sites is 1. The molecule has 1 rings (SSSR count). The van der Waals surface area contributed by atoms with E-state index < -0.39 is 0 Å². The fourth-order valence-electron chi connectivity index (χ4n) is 2.27. The second-order valence-corrected chi connectivity index (χ2v) is 5.83. The molecule has 0 spiro atoms. The largest absolute Gasteiger partial charge is 0.496 e. The Morgan fingerprint density at radius 1 is 1.20 bits per heavy atom. The highest BCUT2D eigenvalue weighted by Crippen LogP contribution is 2.20. The summed E-state index contributed by atoms with van der Waals surface area (Å²) in [5.74, 6) is 0.980. The van der Waals surface area contributed by atoms with Crippen molar-refractivity contribution in [3.05, 3.63) is 29.8 Å². The molecule has 0 heterocycles. The Bertz CT molecular complexity index is 379. The topological polar surface area (TPSA) is 24.5 Å². The number of hydrogen-bond donors (Lipinski definition) is 1. The van der Waals surface area contributed by atoms with Gasteiger partial charge in [-0.2, -0.15) is 0 Å². The van der Waals surface area contributed by atoms with Gasteiger partial charge in [-0.3, -0.25) is 4.90 Å². The number of ether oxygens (including phenoxy) is 1. The lowest BCUT2D eigenvalue weighted by Gasteiger charge is -2.25. The van der Waals surface area contributed by atoms with Gasteiger partial charge in [0.25, 0.3) is 0 Å². The Kier molecular flexibility index (Phi) is 7.63. The lowest BCUT2D eigenvalue weighted by molar-refractivity contribution is 0.231. The van der Waals surface area contributed by atoms with Gasteiger partial charge >= 0.3 is 0 Å². The standard InChI is InChI=1S/C17H30N2O/c1-14(2)18-12-8-9-15(3)19(4)13-16-10-6-7-11-17(16)20-5/h6-7,10-11,14-15,18H,8-9,12-13H2,1-5H3. The molecule has 3 heteroatoms. The van der Waals surface area contributed by atoms with Crippen molar-refractivity contribution in [1.82, 2.24) is 10.2 Å². The molecule has 0 aliphatic rings. The van der Waals surface area contributed by atoms with Crippen LogP contribution >= 0.6 is 0 Å². The molecule has 0 radical (unpaired) electrons. The third kappa shape index (κ3) is 5.93. The van der Waals surface area contributed by atoms with Crippen LogP contribution in [0.1, 0.15) is 39.2 Å². The zero-order valence-electron chi connectivity index (χ0n) is 13.6. The van der Waals surface area contributed by atoms with Crippen LogP contribution in [0.15, 0.2) is 24.3 Å². The summed E-state index contributed by atoms with van der Waals surface area (Å²) in [6, 6.07) is 9.42. The number of rotatable bonds is 9. The highest BCUT2D eigenvalue weighted by atomic mass is 16.5. The van der Waals surface area contributed by atoms with E-state index in [0.29, 0.717) is 12.1 Å². The molecule has 0 fully saturated rings. The predicted molar refractivity (Wildman–Crippen MR) is 86.3 cm³/mol. The lowest BCUT2D eigenvalue weighted by Crippen LogP contribution is -2.30. The molecule has 1 atom stereocenters. The maximum atomic E-state index is 5.41. The summed E-state index contributed by atoms with van der Waals surface area (Å²) in [6.07, 6.45) is 2.43. The Hall–Kier alpha value is -1.06. The Morgan fingerprint density at radius 2 is 1.90 bits per heavy atom. The molecular formula is C17H30N2O. The first-order chi connectivity index (χ1) is 9.54. The zero-order chi connectivity index (χ0) is 15.0. The van der Waals surface area contributed by atoms with Gasteiger partial charge in [0.1, 0.15) is 5.75 Å². The van der Waals surface area contributed by atoms with Crippen molar-refractivity contribution in [1.29, 1.82) is 0 Å². The van der Waals surface area contributed by atoms with Crippen molar-refractivity contribution < 1.29 is 4.74 Å². The predicted octanol–water partition coefficient (Wildman–Crippen LogP) is 3.29. The number of nitrogens with one attached hydrogen (secondary N) is 1.